The first-order valence-corrected chi connectivity index (χ1v) is 13.8. The summed E-state index contributed by atoms with van der Waals surface area (Å²) in [7, 11) is 1.15. The van der Waals surface area contributed by atoms with Crippen LogP contribution in [0.1, 0.15) is 55.4 Å². The number of nitrogens with zero attached hydrogens (tertiary/aromatic N) is 3. The molecular weight excluding hydrogens is 500 g/mol. The van der Waals surface area contributed by atoms with Gasteiger partial charge >= 0.3 is 14.6 Å². The Balaban J connectivity index is 1.55. The molecule has 5 aromatic rings. The molecule has 3 aromatic carbocycles. The van der Waals surface area contributed by atoms with E-state index in [9.17, 15) is 5.11 Å². The molecule has 0 aliphatic carbocycles. The molecule has 1 saturated heterocycles. The minimum absolute atomic E-state index is 0.481. The standard InChI is InChI=1S/C31H36B2N3O4/c1-28(2,37)29(3,4)38-32-20-17-21(33-39-30(5,6)31(7,8)40-33)19-22(18-20)35-25-15-11-12-16-26(25)36-24-14-10-9-13-23(24)34-27(35)36/h9-19,37H,1-8H3. The topological polar surface area (TPSA) is 70.2 Å². The average molecular weight is 536 g/mol. The maximum absolute atomic E-state index is 10.7. The Bertz CT molecular complexity index is 1730. The van der Waals surface area contributed by atoms with Crippen molar-refractivity contribution in [2.45, 2.75) is 77.8 Å². The number of aliphatic hydroxyl groups is 1. The number of hydrogen-bond acceptors (Lipinski definition) is 5. The fraction of sp³-hybridized carbons (Fsp3) is 0.387. The summed E-state index contributed by atoms with van der Waals surface area (Å²) < 4.78 is 23.5. The molecule has 40 heavy (non-hydrogen) atoms. The molecule has 0 amide bonds. The number of hydrogen-bond donors (Lipinski definition) is 1. The van der Waals surface area contributed by atoms with E-state index in [4.69, 9.17) is 18.9 Å². The smallest absolute Gasteiger partial charge is 0.427 e. The quantitative estimate of drug-likeness (QED) is 0.323. The monoisotopic (exact) mass is 536 g/mol. The summed E-state index contributed by atoms with van der Waals surface area (Å²) in [5.41, 5.74) is 3.86. The molecule has 0 bridgehead atoms. The summed E-state index contributed by atoms with van der Waals surface area (Å²) >= 11 is 0. The first kappa shape index (κ1) is 27.1. The van der Waals surface area contributed by atoms with Gasteiger partial charge < -0.3 is 19.1 Å². The molecule has 1 radical (unpaired) electrons. The third kappa shape index (κ3) is 4.27. The largest absolute Gasteiger partial charge is 0.494 e. The molecule has 6 rings (SSSR count). The molecular formula is C31H36B2N3O4. The van der Waals surface area contributed by atoms with E-state index in [2.05, 4.69) is 67.0 Å². The lowest BCUT2D eigenvalue weighted by Crippen LogP contribution is -2.49. The van der Waals surface area contributed by atoms with E-state index in [0.29, 0.717) is 0 Å². The lowest BCUT2D eigenvalue weighted by Gasteiger charge is -2.37. The number of imidazole rings is 2. The number of benzene rings is 3. The van der Waals surface area contributed by atoms with Crippen LogP contribution in [-0.4, -0.2) is 56.1 Å². The van der Waals surface area contributed by atoms with E-state index < -0.39 is 29.5 Å². The molecule has 1 fully saturated rings. The van der Waals surface area contributed by atoms with E-state index in [1.54, 1.807) is 21.3 Å². The van der Waals surface area contributed by atoms with E-state index in [0.717, 1.165) is 44.5 Å². The van der Waals surface area contributed by atoms with Gasteiger partial charge in [-0.3, -0.25) is 8.97 Å². The van der Waals surface area contributed by atoms with Crippen LogP contribution in [0.3, 0.4) is 0 Å². The van der Waals surface area contributed by atoms with Crippen molar-refractivity contribution in [1.82, 2.24) is 14.0 Å². The summed E-state index contributed by atoms with van der Waals surface area (Å²) in [5, 5.41) is 10.7. The molecule has 3 heterocycles. The Kier molecular flexibility index (Phi) is 6.06. The zero-order valence-corrected chi connectivity index (χ0v) is 24.5. The molecule has 1 aliphatic rings. The zero-order valence-electron chi connectivity index (χ0n) is 24.5. The van der Waals surface area contributed by atoms with Crippen LogP contribution in [0.25, 0.3) is 33.5 Å². The van der Waals surface area contributed by atoms with E-state index in [1.165, 1.54) is 0 Å². The molecule has 1 aliphatic heterocycles. The van der Waals surface area contributed by atoms with Crippen LogP contribution in [0.5, 0.6) is 0 Å². The van der Waals surface area contributed by atoms with Gasteiger partial charge in [-0.25, -0.2) is 4.98 Å². The second-order valence-corrected chi connectivity index (χ2v) is 12.8. The van der Waals surface area contributed by atoms with Crippen molar-refractivity contribution in [3.05, 3.63) is 66.7 Å². The van der Waals surface area contributed by atoms with Crippen LogP contribution in [0, 0.1) is 0 Å². The Labute approximate surface area is 236 Å². The Morgan fingerprint density at radius 1 is 0.850 bits per heavy atom. The fourth-order valence-corrected chi connectivity index (χ4v) is 4.94. The van der Waals surface area contributed by atoms with Crippen LogP contribution < -0.4 is 10.9 Å². The van der Waals surface area contributed by atoms with Crippen molar-refractivity contribution in [2.75, 3.05) is 0 Å². The van der Waals surface area contributed by atoms with Crippen molar-refractivity contribution >= 4 is 53.4 Å². The number of para-hydroxylation sites is 4. The second kappa shape index (κ2) is 8.95. The van der Waals surface area contributed by atoms with Crippen molar-refractivity contribution in [3.63, 3.8) is 0 Å². The highest BCUT2D eigenvalue weighted by molar-refractivity contribution is 6.63. The SMILES string of the molecule is CC(C)(O)C(C)(C)O[B]c1cc(B2OC(C)(C)C(C)(C)O2)cc(-n2c3ccccc3n3c4ccccc4nc23)c1. The van der Waals surface area contributed by atoms with Crippen molar-refractivity contribution in [2.24, 2.45) is 0 Å². The van der Waals surface area contributed by atoms with Gasteiger partial charge in [0.2, 0.25) is 5.78 Å². The Morgan fingerprint density at radius 2 is 1.45 bits per heavy atom. The molecule has 0 saturated carbocycles. The molecule has 7 nitrogen and oxygen atoms in total. The molecule has 0 atom stereocenters. The highest BCUT2D eigenvalue weighted by Gasteiger charge is 2.52. The van der Waals surface area contributed by atoms with Crippen LogP contribution in [-0.2, 0) is 14.0 Å². The van der Waals surface area contributed by atoms with Crippen molar-refractivity contribution < 1.29 is 19.1 Å². The lowest BCUT2D eigenvalue weighted by molar-refractivity contribution is -0.0893. The molecule has 1 N–H and O–H groups in total. The summed E-state index contributed by atoms with van der Waals surface area (Å²) in [5.74, 6) is 0.817. The minimum atomic E-state index is -1.05. The molecule has 9 heteroatoms. The van der Waals surface area contributed by atoms with Crippen LogP contribution in [0.4, 0.5) is 0 Å². The third-order valence-corrected chi connectivity index (χ3v) is 8.82. The summed E-state index contributed by atoms with van der Waals surface area (Å²) in [6.07, 6.45) is 0. The van der Waals surface area contributed by atoms with E-state index in [-0.39, 0.29) is 0 Å². The number of fused-ring (bicyclic) bond motifs is 5. The first-order chi connectivity index (χ1) is 18.7. The van der Waals surface area contributed by atoms with Gasteiger partial charge in [0.25, 0.3) is 0 Å². The van der Waals surface area contributed by atoms with Gasteiger partial charge in [-0.05, 0) is 97.3 Å². The Hall–Kier alpha value is -3.10. The highest BCUT2D eigenvalue weighted by atomic mass is 16.7. The lowest BCUT2D eigenvalue weighted by atomic mass is 9.74. The highest BCUT2D eigenvalue weighted by Crippen LogP contribution is 2.37. The minimum Gasteiger partial charge on any atom is -0.427 e. The van der Waals surface area contributed by atoms with Gasteiger partial charge in [0.1, 0.15) is 0 Å². The number of rotatable bonds is 6. The molecule has 0 unspecified atom stereocenters. The maximum Gasteiger partial charge on any atom is 0.494 e. The van der Waals surface area contributed by atoms with Crippen LogP contribution in [0.2, 0.25) is 0 Å². The van der Waals surface area contributed by atoms with E-state index >= 15 is 0 Å². The van der Waals surface area contributed by atoms with Gasteiger partial charge in [-0.1, -0.05) is 35.8 Å². The summed E-state index contributed by atoms with van der Waals surface area (Å²) in [4.78, 5) is 5.04. The Morgan fingerprint density at radius 3 is 2.10 bits per heavy atom. The molecule has 205 valence electrons. The van der Waals surface area contributed by atoms with Gasteiger partial charge in [0.05, 0.1) is 44.5 Å². The summed E-state index contributed by atoms with van der Waals surface area (Å²) in [6, 6.07) is 22.7. The van der Waals surface area contributed by atoms with Crippen LogP contribution in [0.15, 0.2) is 66.7 Å². The molecule has 2 aromatic heterocycles. The predicted molar refractivity (Wildman–Crippen MR) is 162 cm³/mol. The number of aromatic nitrogens is 3. The molecule has 0 spiro atoms. The first-order valence-electron chi connectivity index (χ1n) is 13.8. The van der Waals surface area contributed by atoms with E-state index in [1.807, 2.05) is 50.2 Å². The fourth-order valence-electron chi connectivity index (χ4n) is 4.94. The maximum atomic E-state index is 10.7. The van der Waals surface area contributed by atoms with Gasteiger partial charge in [0, 0.05) is 5.69 Å². The van der Waals surface area contributed by atoms with Gasteiger partial charge in [0.15, 0.2) is 0 Å². The summed E-state index contributed by atoms with van der Waals surface area (Å²) in [6.45, 7) is 15.5. The van der Waals surface area contributed by atoms with Gasteiger partial charge in [-0.2, -0.15) is 0 Å². The van der Waals surface area contributed by atoms with Crippen LogP contribution >= 0.6 is 0 Å². The van der Waals surface area contributed by atoms with Crippen molar-refractivity contribution in [3.8, 4) is 5.69 Å². The average Bonchev–Trinajstić information content (AvgIpc) is 3.47. The second-order valence-electron chi connectivity index (χ2n) is 12.8. The third-order valence-electron chi connectivity index (χ3n) is 8.82. The predicted octanol–water partition coefficient (Wildman–Crippen LogP) is 4.54. The normalized spacial score (nSPS) is 17.4. The van der Waals surface area contributed by atoms with Crippen molar-refractivity contribution in [1.29, 1.82) is 0 Å². The zero-order chi connectivity index (χ0) is 28.7. The van der Waals surface area contributed by atoms with Gasteiger partial charge in [-0.15, -0.1) is 0 Å².